The number of benzene rings is 2. The molecule has 0 spiro atoms. The highest BCUT2D eigenvalue weighted by molar-refractivity contribution is 5.85. The van der Waals surface area contributed by atoms with Crippen LogP contribution in [0.2, 0.25) is 0 Å². The summed E-state index contributed by atoms with van der Waals surface area (Å²) in [5, 5.41) is 4.07. The molecule has 0 bridgehead atoms. The Bertz CT molecular complexity index is 845. The van der Waals surface area contributed by atoms with Crippen molar-refractivity contribution in [3.05, 3.63) is 66.3 Å². The van der Waals surface area contributed by atoms with E-state index in [1.54, 1.807) is 0 Å². The molecule has 4 rings (SSSR count). The molecular formula is C20H22ClN3O2. The molecule has 6 heteroatoms. The molecule has 0 aliphatic heterocycles. The van der Waals surface area contributed by atoms with Crippen molar-refractivity contribution < 1.29 is 9.26 Å². The Morgan fingerprint density at radius 3 is 2.46 bits per heavy atom. The zero-order chi connectivity index (χ0) is 17.1. The quantitative estimate of drug-likeness (QED) is 0.716. The molecule has 1 aliphatic rings. The largest absolute Gasteiger partial charge is 0.483 e. The minimum Gasteiger partial charge on any atom is -0.483 e. The van der Waals surface area contributed by atoms with E-state index in [1.807, 2.05) is 42.5 Å². The number of hydrogen-bond donors (Lipinski definition) is 1. The molecule has 1 aliphatic carbocycles. The standard InChI is InChI=1S/C20H21N3O2.ClH/c21-20(12-6-7-13-20)19-22-18(25-23-19)14-24-17-11-5-4-10-16(17)15-8-2-1-3-9-15;/h1-5,8-11H,6-7,12-14,21H2;1H. The summed E-state index contributed by atoms with van der Waals surface area (Å²) >= 11 is 0. The van der Waals surface area contributed by atoms with E-state index >= 15 is 0 Å². The van der Waals surface area contributed by atoms with Crippen molar-refractivity contribution in [2.45, 2.75) is 37.8 Å². The molecule has 1 aromatic heterocycles. The Kier molecular flexibility index (Phi) is 5.59. The van der Waals surface area contributed by atoms with Crippen LogP contribution in [-0.2, 0) is 12.1 Å². The van der Waals surface area contributed by atoms with Gasteiger partial charge in [-0.05, 0) is 24.5 Å². The van der Waals surface area contributed by atoms with Gasteiger partial charge in [-0.1, -0.05) is 66.5 Å². The second-order valence-corrected chi connectivity index (χ2v) is 6.53. The number of ether oxygens (including phenoxy) is 1. The van der Waals surface area contributed by atoms with Gasteiger partial charge in [0.15, 0.2) is 12.4 Å². The van der Waals surface area contributed by atoms with Crippen LogP contribution in [0.4, 0.5) is 0 Å². The van der Waals surface area contributed by atoms with Crippen LogP contribution < -0.4 is 10.5 Å². The molecule has 1 fully saturated rings. The van der Waals surface area contributed by atoms with E-state index in [1.165, 1.54) is 0 Å². The number of rotatable bonds is 5. The minimum atomic E-state index is -0.441. The summed E-state index contributed by atoms with van der Waals surface area (Å²) in [6.45, 7) is 0.229. The summed E-state index contributed by atoms with van der Waals surface area (Å²) in [6.07, 6.45) is 4.04. The summed E-state index contributed by atoms with van der Waals surface area (Å²) in [7, 11) is 0. The highest BCUT2D eigenvalue weighted by Gasteiger charge is 2.35. The predicted octanol–water partition coefficient (Wildman–Crippen LogP) is 4.47. The maximum absolute atomic E-state index is 6.38. The van der Waals surface area contributed by atoms with Gasteiger partial charge in [-0.25, -0.2) is 0 Å². The van der Waals surface area contributed by atoms with Gasteiger partial charge in [-0.15, -0.1) is 12.4 Å². The zero-order valence-electron chi connectivity index (χ0n) is 14.4. The molecule has 0 radical (unpaired) electrons. The van der Waals surface area contributed by atoms with Crippen molar-refractivity contribution in [2.24, 2.45) is 5.73 Å². The Labute approximate surface area is 159 Å². The van der Waals surface area contributed by atoms with E-state index < -0.39 is 5.54 Å². The van der Waals surface area contributed by atoms with Crippen LogP contribution in [0.3, 0.4) is 0 Å². The first kappa shape index (κ1) is 18.4. The molecule has 0 saturated heterocycles. The normalized spacial score (nSPS) is 15.4. The number of aromatic nitrogens is 2. The Hall–Kier alpha value is -2.37. The predicted molar refractivity (Wildman–Crippen MR) is 102 cm³/mol. The molecule has 2 N–H and O–H groups in total. The molecule has 3 aromatic rings. The monoisotopic (exact) mass is 371 g/mol. The lowest BCUT2D eigenvalue weighted by molar-refractivity contribution is 0.242. The summed E-state index contributed by atoms with van der Waals surface area (Å²) in [6, 6.07) is 18.1. The molecule has 1 heterocycles. The maximum Gasteiger partial charge on any atom is 0.264 e. The average Bonchev–Trinajstić information content (AvgIpc) is 3.31. The first-order valence-electron chi connectivity index (χ1n) is 8.64. The second kappa shape index (κ2) is 7.89. The van der Waals surface area contributed by atoms with Crippen LogP contribution in [0.25, 0.3) is 11.1 Å². The van der Waals surface area contributed by atoms with Gasteiger partial charge in [0, 0.05) is 5.56 Å². The zero-order valence-corrected chi connectivity index (χ0v) is 15.2. The average molecular weight is 372 g/mol. The molecule has 0 unspecified atom stereocenters. The van der Waals surface area contributed by atoms with E-state index in [0.717, 1.165) is 42.6 Å². The van der Waals surface area contributed by atoms with E-state index in [4.69, 9.17) is 15.0 Å². The number of nitrogens with two attached hydrogens (primary N) is 1. The molecule has 26 heavy (non-hydrogen) atoms. The summed E-state index contributed by atoms with van der Waals surface area (Å²) in [5.41, 5.74) is 8.08. The van der Waals surface area contributed by atoms with Crippen LogP contribution >= 0.6 is 12.4 Å². The van der Waals surface area contributed by atoms with Crippen molar-refractivity contribution in [1.82, 2.24) is 10.1 Å². The van der Waals surface area contributed by atoms with Crippen LogP contribution in [0.1, 0.15) is 37.4 Å². The van der Waals surface area contributed by atoms with E-state index in [-0.39, 0.29) is 19.0 Å². The second-order valence-electron chi connectivity index (χ2n) is 6.53. The Morgan fingerprint density at radius 2 is 1.69 bits per heavy atom. The molecule has 2 aromatic carbocycles. The van der Waals surface area contributed by atoms with E-state index in [2.05, 4.69) is 22.3 Å². The fourth-order valence-corrected chi connectivity index (χ4v) is 3.33. The van der Waals surface area contributed by atoms with Crippen molar-refractivity contribution in [1.29, 1.82) is 0 Å². The van der Waals surface area contributed by atoms with Crippen LogP contribution in [0.15, 0.2) is 59.1 Å². The smallest absolute Gasteiger partial charge is 0.264 e. The first-order chi connectivity index (χ1) is 12.2. The number of para-hydroxylation sites is 1. The highest BCUT2D eigenvalue weighted by atomic mass is 35.5. The summed E-state index contributed by atoms with van der Waals surface area (Å²) in [4.78, 5) is 4.45. The third-order valence-corrected chi connectivity index (χ3v) is 4.73. The van der Waals surface area contributed by atoms with Gasteiger partial charge in [0.25, 0.3) is 5.89 Å². The van der Waals surface area contributed by atoms with Crippen molar-refractivity contribution in [3.8, 4) is 16.9 Å². The lowest BCUT2D eigenvalue weighted by Crippen LogP contribution is -2.34. The van der Waals surface area contributed by atoms with Crippen LogP contribution in [-0.4, -0.2) is 10.1 Å². The summed E-state index contributed by atoms with van der Waals surface area (Å²) < 4.78 is 11.3. The Balaban J connectivity index is 0.00000196. The molecule has 1 saturated carbocycles. The molecule has 5 nitrogen and oxygen atoms in total. The van der Waals surface area contributed by atoms with Gasteiger partial charge in [-0.2, -0.15) is 4.98 Å². The summed E-state index contributed by atoms with van der Waals surface area (Å²) in [5.74, 6) is 1.84. The number of halogens is 1. The fourth-order valence-electron chi connectivity index (χ4n) is 3.33. The van der Waals surface area contributed by atoms with Gasteiger partial charge >= 0.3 is 0 Å². The van der Waals surface area contributed by atoms with E-state index in [0.29, 0.717) is 11.7 Å². The molecular weight excluding hydrogens is 350 g/mol. The van der Waals surface area contributed by atoms with Crippen molar-refractivity contribution in [2.75, 3.05) is 0 Å². The lowest BCUT2D eigenvalue weighted by Gasteiger charge is -2.17. The van der Waals surface area contributed by atoms with Crippen molar-refractivity contribution in [3.63, 3.8) is 0 Å². The fraction of sp³-hybridized carbons (Fsp3) is 0.300. The van der Waals surface area contributed by atoms with Gasteiger partial charge in [0.05, 0.1) is 5.54 Å². The van der Waals surface area contributed by atoms with E-state index in [9.17, 15) is 0 Å². The van der Waals surface area contributed by atoms with Crippen molar-refractivity contribution >= 4 is 12.4 Å². The third-order valence-electron chi connectivity index (χ3n) is 4.73. The topological polar surface area (TPSA) is 74.2 Å². The minimum absolute atomic E-state index is 0. The SMILES string of the molecule is Cl.NC1(c2noc(COc3ccccc3-c3ccccc3)n2)CCCC1. The third kappa shape index (κ3) is 3.74. The van der Waals surface area contributed by atoms with Gasteiger partial charge in [0.2, 0.25) is 0 Å². The molecule has 0 amide bonds. The maximum atomic E-state index is 6.38. The van der Waals surface area contributed by atoms with Crippen LogP contribution in [0, 0.1) is 0 Å². The number of nitrogens with zero attached hydrogens (tertiary/aromatic N) is 2. The van der Waals surface area contributed by atoms with Gasteiger partial charge < -0.3 is 15.0 Å². The lowest BCUT2D eigenvalue weighted by atomic mass is 9.99. The number of hydrogen-bond acceptors (Lipinski definition) is 5. The van der Waals surface area contributed by atoms with Crippen LogP contribution in [0.5, 0.6) is 5.75 Å². The first-order valence-corrected chi connectivity index (χ1v) is 8.64. The highest BCUT2D eigenvalue weighted by Crippen LogP contribution is 2.35. The molecule has 136 valence electrons. The van der Waals surface area contributed by atoms with Gasteiger partial charge in [-0.3, -0.25) is 0 Å². The molecule has 0 atom stereocenters. The Morgan fingerprint density at radius 1 is 1.00 bits per heavy atom. The van der Waals surface area contributed by atoms with Gasteiger partial charge in [0.1, 0.15) is 5.75 Å².